The zero-order valence-corrected chi connectivity index (χ0v) is 15.0. The monoisotopic (exact) mass is 392 g/mol. The molecular formula is C18H17BrO5. The van der Waals surface area contributed by atoms with Crippen molar-refractivity contribution in [2.45, 2.75) is 13.3 Å². The van der Waals surface area contributed by atoms with Gasteiger partial charge in [-0.15, -0.1) is 0 Å². The number of carbonyl (C=O) groups excluding carboxylic acids is 2. The van der Waals surface area contributed by atoms with Crippen molar-refractivity contribution in [2.24, 2.45) is 0 Å². The van der Waals surface area contributed by atoms with E-state index in [1.54, 1.807) is 24.3 Å². The molecule has 0 radical (unpaired) electrons. The van der Waals surface area contributed by atoms with Gasteiger partial charge in [0.1, 0.15) is 11.5 Å². The molecule has 126 valence electrons. The quantitative estimate of drug-likeness (QED) is 0.543. The Morgan fingerprint density at radius 1 is 1.04 bits per heavy atom. The molecule has 0 aliphatic carbocycles. The molecule has 5 nitrogen and oxygen atoms in total. The first-order chi connectivity index (χ1) is 11.5. The lowest BCUT2D eigenvalue weighted by Crippen LogP contribution is -2.10. The van der Waals surface area contributed by atoms with Gasteiger partial charge in [-0.3, -0.25) is 0 Å². The van der Waals surface area contributed by atoms with E-state index in [0.29, 0.717) is 33.7 Å². The van der Waals surface area contributed by atoms with E-state index in [4.69, 9.17) is 9.47 Å². The Balaban J connectivity index is 2.13. The standard InChI is InChI=1S/C18H17BrO5/c1-3-9-23-14-6-4-5-12(10-14)18(21)24-16-8-7-13(11-15(16)19)17(20)22-2/h4-8,10-11H,3,9H2,1-2H3. The van der Waals surface area contributed by atoms with Gasteiger partial charge in [-0.2, -0.15) is 0 Å². The lowest BCUT2D eigenvalue weighted by Gasteiger charge is -2.09. The molecule has 0 unspecified atom stereocenters. The van der Waals surface area contributed by atoms with Gasteiger partial charge in [0.05, 0.1) is 29.3 Å². The fourth-order valence-corrected chi connectivity index (χ4v) is 2.38. The Morgan fingerprint density at radius 3 is 2.46 bits per heavy atom. The van der Waals surface area contributed by atoms with Crippen molar-refractivity contribution in [3.05, 3.63) is 58.1 Å². The Bertz CT molecular complexity index is 742. The highest BCUT2D eigenvalue weighted by Crippen LogP contribution is 2.27. The first kappa shape index (κ1) is 18.0. The van der Waals surface area contributed by atoms with Crippen molar-refractivity contribution in [2.75, 3.05) is 13.7 Å². The Hall–Kier alpha value is -2.34. The predicted molar refractivity (Wildman–Crippen MR) is 92.7 cm³/mol. The van der Waals surface area contributed by atoms with E-state index >= 15 is 0 Å². The summed E-state index contributed by atoms with van der Waals surface area (Å²) in [6.07, 6.45) is 0.883. The summed E-state index contributed by atoms with van der Waals surface area (Å²) < 4.78 is 16.0. The van der Waals surface area contributed by atoms with Gasteiger partial charge in [-0.25, -0.2) is 9.59 Å². The molecule has 0 aliphatic rings. The molecule has 24 heavy (non-hydrogen) atoms. The van der Waals surface area contributed by atoms with Gasteiger partial charge in [-0.05, 0) is 58.7 Å². The van der Waals surface area contributed by atoms with Crippen molar-refractivity contribution in [1.82, 2.24) is 0 Å². The van der Waals surface area contributed by atoms with Crippen LogP contribution in [-0.4, -0.2) is 25.7 Å². The van der Waals surface area contributed by atoms with Gasteiger partial charge in [0.2, 0.25) is 0 Å². The summed E-state index contributed by atoms with van der Waals surface area (Å²) >= 11 is 3.28. The minimum Gasteiger partial charge on any atom is -0.494 e. The average Bonchev–Trinajstić information content (AvgIpc) is 2.61. The molecule has 2 aromatic carbocycles. The molecule has 0 atom stereocenters. The summed E-state index contributed by atoms with van der Waals surface area (Å²) in [6.45, 7) is 2.59. The summed E-state index contributed by atoms with van der Waals surface area (Å²) in [4.78, 5) is 23.8. The lowest BCUT2D eigenvalue weighted by atomic mass is 10.2. The van der Waals surface area contributed by atoms with E-state index < -0.39 is 11.9 Å². The third-order valence-electron chi connectivity index (χ3n) is 3.10. The van der Waals surface area contributed by atoms with Crippen LogP contribution < -0.4 is 9.47 Å². The topological polar surface area (TPSA) is 61.8 Å². The lowest BCUT2D eigenvalue weighted by molar-refractivity contribution is 0.0600. The van der Waals surface area contributed by atoms with Crippen molar-refractivity contribution in [3.63, 3.8) is 0 Å². The number of methoxy groups -OCH3 is 1. The zero-order chi connectivity index (χ0) is 17.5. The third kappa shape index (κ3) is 4.58. The van der Waals surface area contributed by atoms with Crippen LogP contribution in [0.25, 0.3) is 0 Å². The van der Waals surface area contributed by atoms with Crippen molar-refractivity contribution < 1.29 is 23.8 Å². The van der Waals surface area contributed by atoms with E-state index in [1.165, 1.54) is 25.3 Å². The highest BCUT2D eigenvalue weighted by Gasteiger charge is 2.14. The molecule has 0 aromatic heterocycles. The highest BCUT2D eigenvalue weighted by atomic mass is 79.9. The number of benzene rings is 2. The number of esters is 2. The van der Waals surface area contributed by atoms with Crippen LogP contribution in [0.5, 0.6) is 11.5 Å². The van der Waals surface area contributed by atoms with E-state index in [1.807, 2.05) is 6.92 Å². The highest BCUT2D eigenvalue weighted by molar-refractivity contribution is 9.10. The van der Waals surface area contributed by atoms with Crippen molar-refractivity contribution >= 4 is 27.9 Å². The van der Waals surface area contributed by atoms with Gasteiger partial charge in [0.25, 0.3) is 0 Å². The Kier molecular flexibility index (Phi) is 6.37. The maximum Gasteiger partial charge on any atom is 0.343 e. The molecule has 0 N–H and O–H groups in total. The second-order valence-corrected chi connectivity index (χ2v) is 5.76. The molecule has 0 spiro atoms. The number of rotatable bonds is 6. The van der Waals surface area contributed by atoms with E-state index in [9.17, 15) is 9.59 Å². The maximum absolute atomic E-state index is 12.3. The van der Waals surface area contributed by atoms with Crippen LogP contribution in [0.3, 0.4) is 0 Å². The van der Waals surface area contributed by atoms with Crippen LogP contribution in [0.2, 0.25) is 0 Å². The van der Waals surface area contributed by atoms with Crippen molar-refractivity contribution in [1.29, 1.82) is 0 Å². The molecule has 2 rings (SSSR count). The van der Waals surface area contributed by atoms with Gasteiger partial charge in [-0.1, -0.05) is 13.0 Å². The average molecular weight is 393 g/mol. The fraction of sp³-hybridized carbons (Fsp3) is 0.222. The zero-order valence-electron chi connectivity index (χ0n) is 13.4. The molecule has 0 heterocycles. The Morgan fingerprint density at radius 2 is 1.79 bits per heavy atom. The molecule has 0 fully saturated rings. The summed E-state index contributed by atoms with van der Waals surface area (Å²) in [5.74, 6) is -0.0447. The first-order valence-electron chi connectivity index (χ1n) is 7.38. The molecule has 0 aliphatic heterocycles. The number of halogens is 1. The summed E-state index contributed by atoms with van der Waals surface area (Å²) in [5, 5.41) is 0. The van der Waals surface area contributed by atoms with E-state index in [-0.39, 0.29) is 0 Å². The molecule has 0 bridgehead atoms. The number of carbonyl (C=O) groups is 2. The number of hydrogen-bond donors (Lipinski definition) is 0. The number of ether oxygens (including phenoxy) is 3. The molecular weight excluding hydrogens is 376 g/mol. The maximum atomic E-state index is 12.3. The van der Waals surface area contributed by atoms with Crippen LogP contribution in [0.4, 0.5) is 0 Å². The van der Waals surface area contributed by atoms with E-state index in [2.05, 4.69) is 20.7 Å². The van der Waals surface area contributed by atoms with Crippen LogP contribution in [0.1, 0.15) is 34.1 Å². The smallest absolute Gasteiger partial charge is 0.343 e. The Labute approximate surface area is 148 Å². The van der Waals surface area contributed by atoms with Crippen LogP contribution in [-0.2, 0) is 4.74 Å². The van der Waals surface area contributed by atoms with Crippen LogP contribution in [0, 0.1) is 0 Å². The summed E-state index contributed by atoms with van der Waals surface area (Å²) in [7, 11) is 1.30. The largest absolute Gasteiger partial charge is 0.494 e. The fourth-order valence-electron chi connectivity index (χ4n) is 1.92. The number of hydrogen-bond acceptors (Lipinski definition) is 5. The van der Waals surface area contributed by atoms with Gasteiger partial charge in [0, 0.05) is 0 Å². The molecule has 2 aromatic rings. The summed E-state index contributed by atoms with van der Waals surface area (Å²) in [5.41, 5.74) is 0.742. The van der Waals surface area contributed by atoms with Gasteiger partial charge >= 0.3 is 11.9 Å². The molecule has 0 saturated carbocycles. The van der Waals surface area contributed by atoms with Crippen molar-refractivity contribution in [3.8, 4) is 11.5 Å². The normalized spacial score (nSPS) is 10.1. The minimum absolute atomic E-state index is 0.313. The first-order valence-corrected chi connectivity index (χ1v) is 8.17. The van der Waals surface area contributed by atoms with E-state index in [0.717, 1.165) is 6.42 Å². The second kappa shape index (κ2) is 8.49. The second-order valence-electron chi connectivity index (χ2n) is 4.90. The SMILES string of the molecule is CCCOc1cccc(C(=O)Oc2ccc(C(=O)OC)cc2Br)c1. The van der Waals surface area contributed by atoms with Crippen LogP contribution >= 0.6 is 15.9 Å². The van der Waals surface area contributed by atoms with Gasteiger partial charge < -0.3 is 14.2 Å². The predicted octanol–water partition coefficient (Wildman–Crippen LogP) is 4.24. The van der Waals surface area contributed by atoms with Gasteiger partial charge in [0.15, 0.2) is 0 Å². The molecule has 0 amide bonds. The molecule has 6 heteroatoms. The van der Waals surface area contributed by atoms with Crippen LogP contribution in [0.15, 0.2) is 46.9 Å². The third-order valence-corrected chi connectivity index (χ3v) is 3.72. The minimum atomic E-state index is -0.511. The summed E-state index contributed by atoms with van der Waals surface area (Å²) in [6, 6.07) is 11.4. The molecule has 0 saturated heterocycles.